The molecule has 4 aromatic rings. The van der Waals surface area contributed by atoms with Crippen molar-refractivity contribution >= 4 is 21.4 Å². The van der Waals surface area contributed by atoms with Gasteiger partial charge in [0.2, 0.25) is 10.1 Å². The molecule has 0 aliphatic heterocycles. The van der Waals surface area contributed by atoms with E-state index in [1.54, 1.807) is 23.9 Å². The molecule has 0 atom stereocenters. The Balaban J connectivity index is 1.50. The molecule has 1 N–H and O–H groups in total. The number of ether oxygens (including phenoxy) is 1. The molecule has 0 spiro atoms. The van der Waals surface area contributed by atoms with E-state index in [1.807, 2.05) is 24.3 Å². The Morgan fingerprint density at radius 3 is 2.61 bits per heavy atom. The van der Waals surface area contributed by atoms with Crippen molar-refractivity contribution in [2.45, 2.75) is 12.7 Å². The standard InChI is InChI=1S/C19H15F3N4OS/c1-27-15-7-5-12(6-8-15)10-23-17-25-26-11-16(24-18(26)28-17)13-3-2-4-14(9-13)19(20,21)22/h2-9,11H,10H2,1H3,(H,23,25). The van der Waals surface area contributed by atoms with Crippen molar-refractivity contribution in [2.24, 2.45) is 0 Å². The maximum absolute atomic E-state index is 12.9. The Bertz CT molecular complexity index is 1070. The molecule has 5 nitrogen and oxygen atoms in total. The van der Waals surface area contributed by atoms with Crippen LogP contribution in [-0.2, 0) is 12.7 Å². The van der Waals surface area contributed by atoms with Crippen molar-refractivity contribution < 1.29 is 17.9 Å². The average molecular weight is 404 g/mol. The molecule has 0 radical (unpaired) electrons. The summed E-state index contributed by atoms with van der Waals surface area (Å²) in [6.45, 7) is 0.584. The van der Waals surface area contributed by atoms with Crippen LogP contribution in [0.3, 0.4) is 0 Å². The molecule has 0 bridgehead atoms. The number of fused-ring (bicyclic) bond motifs is 1. The van der Waals surface area contributed by atoms with Gasteiger partial charge in [0.25, 0.3) is 0 Å². The summed E-state index contributed by atoms with van der Waals surface area (Å²) < 4.78 is 45.4. The van der Waals surface area contributed by atoms with Gasteiger partial charge < -0.3 is 10.1 Å². The van der Waals surface area contributed by atoms with Crippen LogP contribution in [0.25, 0.3) is 16.2 Å². The first-order chi connectivity index (χ1) is 13.4. The minimum atomic E-state index is -4.38. The van der Waals surface area contributed by atoms with Crippen molar-refractivity contribution in [3.63, 3.8) is 0 Å². The summed E-state index contributed by atoms with van der Waals surface area (Å²) in [5.41, 5.74) is 1.22. The molecule has 0 aliphatic carbocycles. The highest BCUT2D eigenvalue weighted by Gasteiger charge is 2.30. The van der Waals surface area contributed by atoms with Crippen LogP contribution in [0.1, 0.15) is 11.1 Å². The Kier molecular flexibility index (Phi) is 4.68. The predicted octanol–water partition coefficient (Wildman–Crippen LogP) is 5.10. The fourth-order valence-electron chi connectivity index (χ4n) is 2.69. The van der Waals surface area contributed by atoms with Crippen LogP contribution in [0.2, 0.25) is 0 Å². The lowest BCUT2D eigenvalue weighted by atomic mass is 10.1. The molecule has 0 saturated carbocycles. The first kappa shape index (κ1) is 18.3. The van der Waals surface area contributed by atoms with Gasteiger partial charge in [-0.3, -0.25) is 0 Å². The third-order valence-corrected chi connectivity index (χ3v) is 5.01. The molecule has 2 aromatic heterocycles. The number of benzene rings is 2. The summed E-state index contributed by atoms with van der Waals surface area (Å²) in [7, 11) is 1.62. The van der Waals surface area contributed by atoms with Gasteiger partial charge in [-0.15, -0.1) is 5.10 Å². The zero-order valence-corrected chi connectivity index (χ0v) is 15.5. The lowest BCUT2D eigenvalue weighted by Crippen LogP contribution is -2.04. The van der Waals surface area contributed by atoms with Gasteiger partial charge >= 0.3 is 6.18 Å². The Labute approximate surface area is 162 Å². The lowest BCUT2D eigenvalue weighted by molar-refractivity contribution is -0.137. The number of nitrogens with zero attached hydrogens (tertiary/aromatic N) is 3. The third kappa shape index (κ3) is 3.79. The molecule has 0 fully saturated rings. The Morgan fingerprint density at radius 2 is 1.93 bits per heavy atom. The maximum atomic E-state index is 12.9. The van der Waals surface area contributed by atoms with E-state index in [-0.39, 0.29) is 0 Å². The normalized spacial score (nSPS) is 11.7. The van der Waals surface area contributed by atoms with E-state index in [0.717, 1.165) is 23.4 Å². The van der Waals surface area contributed by atoms with E-state index in [9.17, 15) is 13.2 Å². The fraction of sp³-hybridized carbons (Fsp3) is 0.158. The van der Waals surface area contributed by atoms with Crippen LogP contribution in [0.4, 0.5) is 18.3 Å². The van der Waals surface area contributed by atoms with E-state index < -0.39 is 11.7 Å². The molecular weight excluding hydrogens is 389 g/mol. The van der Waals surface area contributed by atoms with Crippen LogP contribution in [0.5, 0.6) is 5.75 Å². The molecule has 2 heterocycles. The van der Waals surface area contributed by atoms with Gasteiger partial charge in [0.15, 0.2) is 0 Å². The number of hydrogen-bond acceptors (Lipinski definition) is 5. The molecule has 144 valence electrons. The fourth-order valence-corrected chi connectivity index (χ4v) is 3.46. The number of alkyl halides is 3. The molecule has 4 rings (SSSR count). The zero-order valence-electron chi connectivity index (χ0n) is 14.7. The highest BCUT2D eigenvalue weighted by molar-refractivity contribution is 7.20. The van der Waals surface area contributed by atoms with Crippen molar-refractivity contribution in [3.05, 3.63) is 65.9 Å². The first-order valence-corrected chi connectivity index (χ1v) is 9.15. The smallest absolute Gasteiger partial charge is 0.416 e. The van der Waals surface area contributed by atoms with Crippen LogP contribution in [-0.4, -0.2) is 21.7 Å². The number of halogens is 3. The predicted molar refractivity (Wildman–Crippen MR) is 102 cm³/mol. The van der Waals surface area contributed by atoms with Gasteiger partial charge in [0, 0.05) is 12.1 Å². The molecule has 28 heavy (non-hydrogen) atoms. The van der Waals surface area contributed by atoms with Crippen molar-refractivity contribution in [2.75, 3.05) is 12.4 Å². The van der Waals surface area contributed by atoms with E-state index in [1.165, 1.54) is 17.4 Å². The highest BCUT2D eigenvalue weighted by atomic mass is 32.1. The van der Waals surface area contributed by atoms with Crippen molar-refractivity contribution in [1.82, 2.24) is 14.6 Å². The number of imidazole rings is 1. The number of anilines is 1. The SMILES string of the molecule is COc1ccc(CNc2nn3cc(-c4cccc(C(F)(F)F)c4)nc3s2)cc1. The molecule has 0 saturated heterocycles. The van der Waals surface area contributed by atoms with Gasteiger partial charge in [0.1, 0.15) is 5.75 Å². The number of methoxy groups -OCH3 is 1. The number of aromatic nitrogens is 3. The minimum absolute atomic E-state index is 0.403. The highest BCUT2D eigenvalue weighted by Crippen LogP contribution is 2.32. The average Bonchev–Trinajstić information content (AvgIpc) is 3.25. The topological polar surface area (TPSA) is 51.5 Å². The monoisotopic (exact) mass is 404 g/mol. The summed E-state index contributed by atoms with van der Waals surface area (Å²) in [5.74, 6) is 0.790. The van der Waals surface area contributed by atoms with E-state index in [0.29, 0.717) is 27.9 Å². The largest absolute Gasteiger partial charge is 0.497 e. The number of rotatable bonds is 5. The zero-order chi connectivity index (χ0) is 19.7. The molecule has 0 unspecified atom stereocenters. The van der Waals surface area contributed by atoms with Gasteiger partial charge in [-0.1, -0.05) is 35.6 Å². The lowest BCUT2D eigenvalue weighted by Gasteiger charge is -2.07. The van der Waals surface area contributed by atoms with E-state index in [4.69, 9.17) is 4.74 Å². The quantitative estimate of drug-likeness (QED) is 0.503. The molecule has 0 amide bonds. The van der Waals surface area contributed by atoms with Crippen molar-refractivity contribution in [3.8, 4) is 17.0 Å². The third-order valence-electron chi connectivity index (χ3n) is 4.13. The van der Waals surface area contributed by atoms with Gasteiger partial charge in [-0.25, -0.2) is 9.50 Å². The first-order valence-electron chi connectivity index (χ1n) is 8.33. The second kappa shape index (κ2) is 7.16. The van der Waals surface area contributed by atoms with E-state index >= 15 is 0 Å². The Morgan fingerprint density at radius 1 is 1.14 bits per heavy atom. The van der Waals surface area contributed by atoms with Crippen LogP contribution in [0, 0.1) is 0 Å². The minimum Gasteiger partial charge on any atom is -0.497 e. The summed E-state index contributed by atoms with van der Waals surface area (Å²) >= 11 is 1.33. The molecular formula is C19H15F3N4OS. The van der Waals surface area contributed by atoms with Crippen molar-refractivity contribution in [1.29, 1.82) is 0 Å². The molecule has 9 heteroatoms. The summed E-state index contributed by atoms with van der Waals surface area (Å²) in [4.78, 5) is 5.00. The van der Waals surface area contributed by atoms with Crippen LogP contribution in [0.15, 0.2) is 54.7 Å². The second-order valence-electron chi connectivity index (χ2n) is 6.04. The van der Waals surface area contributed by atoms with E-state index in [2.05, 4.69) is 15.4 Å². The second-order valence-corrected chi connectivity index (χ2v) is 7.00. The maximum Gasteiger partial charge on any atom is 0.416 e. The number of hydrogen-bond donors (Lipinski definition) is 1. The van der Waals surface area contributed by atoms with Crippen LogP contribution < -0.4 is 10.1 Å². The van der Waals surface area contributed by atoms with Gasteiger partial charge in [-0.05, 0) is 29.8 Å². The van der Waals surface area contributed by atoms with Gasteiger partial charge in [0.05, 0.1) is 24.6 Å². The van der Waals surface area contributed by atoms with Crippen LogP contribution >= 0.6 is 11.3 Å². The molecule has 0 aliphatic rings. The summed E-state index contributed by atoms with van der Waals surface area (Å²) in [6, 6.07) is 12.8. The number of nitrogens with one attached hydrogen (secondary N) is 1. The summed E-state index contributed by atoms with van der Waals surface area (Å²) in [5, 5.41) is 8.29. The van der Waals surface area contributed by atoms with Gasteiger partial charge in [-0.2, -0.15) is 13.2 Å². The molecule has 2 aromatic carbocycles. The Hall–Kier alpha value is -3.07. The summed E-state index contributed by atoms with van der Waals surface area (Å²) in [6.07, 6.45) is -2.76.